The van der Waals surface area contributed by atoms with Gasteiger partial charge in [-0.1, -0.05) is 0 Å². The average Bonchev–Trinajstić information content (AvgIpc) is 2.45. The minimum absolute atomic E-state index is 0.859. The van der Waals surface area contributed by atoms with Crippen LogP contribution in [0.3, 0.4) is 0 Å². The van der Waals surface area contributed by atoms with Gasteiger partial charge in [0.05, 0.1) is 19.3 Å². The maximum atomic E-state index is 11.2. The minimum Gasteiger partial charge on any atom is -0.389 e. The number of hydrogen-bond acceptors (Lipinski definition) is 9. The van der Waals surface area contributed by atoms with E-state index in [2.05, 4.69) is 0 Å². The monoisotopic (exact) mass is 309 g/mol. The molecule has 0 atom stereocenters. The van der Waals surface area contributed by atoms with E-state index >= 15 is 0 Å². The third-order valence-electron chi connectivity index (χ3n) is 4.02. The Hall–Kier alpha value is -1.92. The van der Waals surface area contributed by atoms with Crippen molar-refractivity contribution in [3.05, 3.63) is 30.3 Å². The van der Waals surface area contributed by atoms with Crippen LogP contribution in [-0.4, -0.2) is 66.5 Å². The van der Waals surface area contributed by atoms with E-state index in [1.165, 1.54) is 0 Å². The number of rotatable bonds is 6. The molecule has 1 rings (SSSR count). The van der Waals surface area contributed by atoms with Crippen LogP contribution in [0, 0.1) is 30.3 Å². The molecular formula is C9H15N3O9. The molecule has 0 heterocycles. The zero-order chi connectivity index (χ0) is 16.5. The van der Waals surface area contributed by atoms with E-state index in [0.717, 1.165) is 0 Å². The highest BCUT2D eigenvalue weighted by Crippen LogP contribution is 2.45. The van der Waals surface area contributed by atoms with Gasteiger partial charge in [-0.15, -0.1) is 0 Å². The average molecular weight is 309 g/mol. The molecule has 1 fully saturated rings. The first-order valence-corrected chi connectivity index (χ1v) is 5.90. The summed E-state index contributed by atoms with van der Waals surface area (Å²) in [6, 6.07) is 0. The maximum Gasteiger partial charge on any atom is 0.258 e. The van der Waals surface area contributed by atoms with Gasteiger partial charge in [0.25, 0.3) is 16.6 Å². The maximum absolute atomic E-state index is 11.2. The number of aliphatic hydroxyl groups excluding tert-OH is 3. The summed E-state index contributed by atoms with van der Waals surface area (Å²) >= 11 is 0. The van der Waals surface area contributed by atoms with Gasteiger partial charge in [-0.05, 0) is 0 Å². The summed E-state index contributed by atoms with van der Waals surface area (Å²) < 4.78 is 0. The van der Waals surface area contributed by atoms with E-state index in [9.17, 15) is 45.7 Å². The van der Waals surface area contributed by atoms with E-state index in [0.29, 0.717) is 0 Å². The van der Waals surface area contributed by atoms with Gasteiger partial charge in [-0.3, -0.25) is 30.3 Å². The standard InChI is InChI=1S/C9H15N3O9/c13-4-7(10(16)17)1-8(5-14,11(18)19)3-9(2-7,6-15)12(20)21/h13-15H,1-6H2. The van der Waals surface area contributed by atoms with Gasteiger partial charge < -0.3 is 15.3 Å². The quantitative estimate of drug-likeness (QED) is 0.375. The number of nitro groups is 3. The van der Waals surface area contributed by atoms with Crippen LogP contribution in [0.15, 0.2) is 0 Å². The molecular weight excluding hydrogens is 294 g/mol. The number of hydrogen-bond donors (Lipinski definition) is 3. The Kier molecular flexibility index (Phi) is 4.45. The van der Waals surface area contributed by atoms with Crippen LogP contribution in [0.4, 0.5) is 0 Å². The highest BCUT2D eigenvalue weighted by Gasteiger charge is 2.71. The molecule has 0 unspecified atom stereocenters. The van der Waals surface area contributed by atoms with Crippen LogP contribution in [0.2, 0.25) is 0 Å². The van der Waals surface area contributed by atoms with Gasteiger partial charge in [0.15, 0.2) is 0 Å². The molecule has 21 heavy (non-hydrogen) atoms. The smallest absolute Gasteiger partial charge is 0.258 e. The predicted molar refractivity (Wildman–Crippen MR) is 64.3 cm³/mol. The molecule has 0 radical (unpaired) electrons. The van der Waals surface area contributed by atoms with E-state index in [4.69, 9.17) is 0 Å². The topological polar surface area (TPSA) is 190 Å². The summed E-state index contributed by atoms with van der Waals surface area (Å²) in [4.78, 5) is 30.5. The Morgan fingerprint density at radius 2 is 0.857 bits per heavy atom. The van der Waals surface area contributed by atoms with Crippen LogP contribution in [0.25, 0.3) is 0 Å². The zero-order valence-corrected chi connectivity index (χ0v) is 10.9. The van der Waals surface area contributed by atoms with Crippen LogP contribution in [0.1, 0.15) is 19.3 Å². The summed E-state index contributed by atoms with van der Waals surface area (Å²) in [6.45, 7) is -3.53. The van der Waals surface area contributed by atoms with E-state index in [1.54, 1.807) is 0 Å². The number of aliphatic hydroxyl groups is 3. The highest BCUT2D eigenvalue weighted by molar-refractivity contribution is 5.06. The molecule has 0 aromatic heterocycles. The van der Waals surface area contributed by atoms with Gasteiger partial charge in [0, 0.05) is 14.8 Å². The summed E-state index contributed by atoms with van der Waals surface area (Å²) in [7, 11) is 0. The summed E-state index contributed by atoms with van der Waals surface area (Å²) in [6.07, 6.45) is -2.58. The number of nitrogens with zero attached hydrogens (tertiary/aromatic N) is 3. The van der Waals surface area contributed by atoms with E-state index in [-0.39, 0.29) is 0 Å². The lowest BCUT2D eigenvalue weighted by Crippen LogP contribution is -2.67. The summed E-state index contributed by atoms with van der Waals surface area (Å²) in [5, 5.41) is 61.4. The molecule has 1 saturated carbocycles. The van der Waals surface area contributed by atoms with Crippen LogP contribution in [-0.2, 0) is 0 Å². The molecule has 1 aliphatic carbocycles. The Morgan fingerprint density at radius 3 is 0.952 bits per heavy atom. The lowest BCUT2D eigenvalue weighted by Gasteiger charge is -2.41. The van der Waals surface area contributed by atoms with E-state index < -0.39 is 70.5 Å². The third kappa shape index (κ3) is 2.52. The second-order valence-corrected chi connectivity index (χ2v) is 5.45. The van der Waals surface area contributed by atoms with Gasteiger partial charge in [0.2, 0.25) is 0 Å². The SMILES string of the molecule is O=[N+]([O-])C1(CO)CC(CO)([N+](=O)[O-])CC(CO)([N+](=O)[O-])C1. The fourth-order valence-corrected chi connectivity index (χ4v) is 2.92. The zero-order valence-electron chi connectivity index (χ0n) is 10.9. The van der Waals surface area contributed by atoms with Crippen molar-refractivity contribution in [2.45, 2.75) is 35.9 Å². The molecule has 0 bridgehead atoms. The third-order valence-corrected chi connectivity index (χ3v) is 4.02. The van der Waals surface area contributed by atoms with Crippen LogP contribution < -0.4 is 0 Å². The Labute approximate surface area is 117 Å². The fraction of sp³-hybridized carbons (Fsp3) is 1.00. The Morgan fingerprint density at radius 1 is 0.667 bits per heavy atom. The Bertz CT molecular complexity index is 393. The fourth-order valence-electron chi connectivity index (χ4n) is 2.92. The van der Waals surface area contributed by atoms with Crippen molar-refractivity contribution in [2.75, 3.05) is 19.8 Å². The van der Waals surface area contributed by atoms with Crippen molar-refractivity contribution >= 4 is 0 Å². The van der Waals surface area contributed by atoms with Crippen molar-refractivity contribution in [2.24, 2.45) is 0 Å². The first kappa shape index (κ1) is 17.1. The molecule has 3 N–H and O–H groups in total. The second-order valence-electron chi connectivity index (χ2n) is 5.45. The molecule has 0 aromatic rings. The van der Waals surface area contributed by atoms with Crippen molar-refractivity contribution in [1.29, 1.82) is 0 Å². The second kappa shape index (κ2) is 5.46. The highest BCUT2D eigenvalue weighted by atomic mass is 16.6. The lowest BCUT2D eigenvalue weighted by atomic mass is 9.64. The predicted octanol–water partition coefficient (Wildman–Crippen LogP) is -1.81. The van der Waals surface area contributed by atoms with Gasteiger partial charge in [0.1, 0.15) is 19.8 Å². The summed E-state index contributed by atoms with van der Waals surface area (Å²) in [5.41, 5.74) is -7.11. The Balaban J connectivity index is 3.50. The molecule has 0 spiro atoms. The van der Waals surface area contributed by atoms with Gasteiger partial charge in [-0.2, -0.15) is 0 Å². The van der Waals surface area contributed by atoms with Crippen molar-refractivity contribution in [3.63, 3.8) is 0 Å². The van der Waals surface area contributed by atoms with Crippen LogP contribution in [0.5, 0.6) is 0 Å². The minimum atomic E-state index is -2.37. The summed E-state index contributed by atoms with van der Waals surface area (Å²) in [5.74, 6) is 0. The van der Waals surface area contributed by atoms with E-state index in [1.807, 2.05) is 0 Å². The van der Waals surface area contributed by atoms with Crippen LogP contribution >= 0.6 is 0 Å². The molecule has 12 heteroatoms. The first-order chi connectivity index (χ1) is 9.63. The molecule has 0 aliphatic heterocycles. The van der Waals surface area contributed by atoms with Crippen molar-refractivity contribution < 1.29 is 30.1 Å². The molecule has 1 aliphatic rings. The van der Waals surface area contributed by atoms with Crippen molar-refractivity contribution in [3.8, 4) is 0 Å². The molecule has 0 aromatic carbocycles. The first-order valence-electron chi connectivity index (χ1n) is 5.90. The largest absolute Gasteiger partial charge is 0.389 e. The van der Waals surface area contributed by atoms with Gasteiger partial charge >= 0.3 is 0 Å². The normalized spacial score (nSPS) is 36.1. The molecule has 0 amide bonds. The molecule has 0 saturated heterocycles. The lowest BCUT2D eigenvalue weighted by molar-refractivity contribution is -0.671. The van der Waals surface area contributed by atoms with Crippen molar-refractivity contribution in [1.82, 2.24) is 0 Å². The molecule has 120 valence electrons. The van der Waals surface area contributed by atoms with Gasteiger partial charge in [-0.25, -0.2) is 0 Å². The molecule has 12 nitrogen and oxygen atoms in total.